The number of ether oxygens (including phenoxy) is 2. The minimum Gasteiger partial charge on any atom is -0.493 e. The zero-order valence-electron chi connectivity index (χ0n) is 29.8. The van der Waals surface area contributed by atoms with Gasteiger partial charge in [-0.05, 0) is 68.6 Å². The number of carbonyl (C=O) groups excluding carboxylic acids is 3. The number of piperazine rings is 1. The molecule has 3 aromatic carbocycles. The highest BCUT2D eigenvalue weighted by molar-refractivity contribution is 6.36. The van der Waals surface area contributed by atoms with Gasteiger partial charge in [0.1, 0.15) is 0 Å². The van der Waals surface area contributed by atoms with Crippen molar-refractivity contribution in [3.8, 4) is 11.5 Å². The first-order valence-corrected chi connectivity index (χ1v) is 19.1. The van der Waals surface area contributed by atoms with Crippen LogP contribution in [0, 0.1) is 0 Å². The van der Waals surface area contributed by atoms with Crippen LogP contribution in [0.2, 0.25) is 10.0 Å². The van der Waals surface area contributed by atoms with Crippen LogP contribution >= 0.6 is 23.2 Å². The molecule has 6 rings (SSSR count). The Morgan fingerprint density at radius 2 is 1.62 bits per heavy atom. The number of benzene rings is 3. The van der Waals surface area contributed by atoms with Gasteiger partial charge in [-0.2, -0.15) is 0 Å². The number of nitrogens with zero attached hydrogens (tertiary/aromatic N) is 4. The summed E-state index contributed by atoms with van der Waals surface area (Å²) >= 11 is 12.5. The quantitative estimate of drug-likeness (QED) is 0.119. The van der Waals surface area contributed by atoms with Crippen LogP contribution in [0.5, 0.6) is 11.5 Å². The first kappa shape index (κ1) is 37.8. The summed E-state index contributed by atoms with van der Waals surface area (Å²) in [5, 5.41) is 3.67. The van der Waals surface area contributed by atoms with Gasteiger partial charge in [-0.3, -0.25) is 24.3 Å². The summed E-state index contributed by atoms with van der Waals surface area (Å²) in [5.41, 5.74) is 2.31. The maximum atomic E-state index is 13.2. The zero-order chi connectivity index (χ0) is 36.5. The van der Waals surface area contributed by atoms with Crippen molar-refractivity contribution in [3.63, 3.8) is 0 Å². The third-order valence-corrected chi connectivity index (χ3v) is 10.6. The standard InChI is InChI=1S/C40H47Cl2N5O5/c1-51-36-24-32-35(43-26-29-11-10-17-47(29)40(32)50)25-37(36)52-22-9-5-3-2-4-8-16-45-18-20-46(21-19-45)27-38(48)44-34-15-14-28(41)23-31(34)39(49)30-12-6-7-13-33(30)42/h6-7,12-15,23-26,29H,2-5,8-11,16-22,27H2,1H3,(H,44,48)/t29-/m0/s1. The van der Waals surface area contributed by atoms with Crippen molar-refractivity contribution in [2.75, 3.05) is 64.8 Å². The molecule has 10 nitrogen and oxygen atoms in total. The lowest BCUT2D eigenvalue weighted by Gasteiger charge is -2.34. The van der Waals surface area contributed by atoms with Gasteiger partial charge in [-0.1, -0.05) is 61.0 Å². The molecule has 0 bridgehead atoms. The summed E-state index contributed by atoms with van der Waals surface area (Å²) in [7, 11) is 1.60. The molecule has 3 aliphatic heterocycles. The molecule has 1 atom stereocenters. The van der Waals surface area contributed by atoms with Crippen LogP contribution in [-0.2, 0) is 4.79 Å². The van der Waals surface area contributed by atoms with E-state index in [9.17, 15) is 14.4 Å². The molecule has 2 amide bonds. The van der Waals surface area contributed by atoms with Crippen LogP contribution < -0.4 is 14.8 Å². The predicted molar refractivity (Wildman–Crippen MR) is 206 cm³/mol. The molecule has 3 heterocycles. The molecular formula is C40H47Cl2N5O5. The van der Waals surface area contributed by atoms with Crippen LogP contribution in [0.1, 0.15) is 77.6 Å². The fraction of sp³-hybridized carbons (Fsp3) is 0.450. The minimum absolute atomic E-state index is 0.0122. The van der Waals surface area contributed by atoms with Crippen LogP contribution in [0.3, 0.4) is 0 Å². The Morgan fingerprint density at radius 3 is 2.40 bits per heavy atom. The average Bonchev–Trinajstić information content (AvgIpc) is 3.58. The van der Waals surface area contributed by atoms with Gasteiger partial charge in [0.2, 0.25) is 5.91 Å². The molecule has 0 spiro atoms. The Kier molecular flexibility index (Phi) is 13.2. The van der Waals surface area contributed by atoms with E-state index >= 15 is 0 Å². The molecule has 0 unspecified atom stereocenters. The molecule has 2 fully saturated rings. The van der Waals surface area contributed by atoms with Crippen molar-refractivity contribution >= 4 is 58.4 Å². The van der Waals surface area contributed by atoms with Crippen molar-refractivity contribution in [2.45, 2.75) is 57.4 Å². The lowest BCUT2D eigenvalue weighted by Crippen LogP contribution is -2.48. The Hall–Kier alpha value is -3.96. The van der Waals surface area contributed by atoms with Crippen molar-refractivity contribution in [1.82, 2.24) is 14.7 Å². The van der Waals surface area contributed by atoms with E-state index in [0.717, 1.165) is 77.8 Å². The number of carbonyl (C=O) groups is 3. The third kappa shape index (κ3) is 9.52. The van der Waals surface area contributed by atoms with Gasteiger partial charge in [0.15, 0.2) is 17.3 Å². The van der Waals surface area contributed by atoms with E-state index in [4.69, 9.17) is 32.7 Å². The van der Waals surface area contributed by atoms with E-state index in [-0.39, 0.29) is 30.2 Å². The lowest BCUT2D eigenvalue weighted by atomic mass is 10.0. The number of halogens is 2. The largest absolute Gasteiger partial charge is 0.493 e. The smallest absolute Gasteiger partial charge is 0.256 e. The highest BCUT2D eigenvalue weighted by Crippen LogP contribution is 2.38. The summed E-state index contributed by atoms with van der Waals surface area (Å²) in [6.07, 6.45) is 10.6. The van der Waals surface area contributed by atoms with Gasteiger partial charge < -0.3 is 24.6 Å². The molecule has 3 aliphatic rings. The van der Waals surface area contributed by atoms with Crippen LogP contribution in [-0.4, -0.2) is 104 Å². The second kappa shape index (κ2) is 18.2. The summed E-state index contributed by atoms with van der Waals surface area (Å²) < 4.78 is 11.7. The molecule has 52 heavy (non-hydrogen) atoms. The Labute approximate surface area is 316 Å². The number of hydrogen-bond acceptors (Lipinski definition) is 8. The summed E-state index contributed by atoms with van der Waals surface area (Å²) in [5.74, 6) is 0.750. The van der Waals surface area contributed by atoms with Crippen molar-refractivity contribution in [1.29, 1.82) is 0 Å². The summed E-state index contributed by atoms with van der Waals surface area (Å²) in [4.78, 5) is 50.5. The number of unbranched alkanes of at least 4 members (excludes halogenated alkanes) is 5. The lowest BCUT2D eigenvalue weighted by molar-refractivity contribution is -0.117. The van der Waals surface area contributed by atoms with Gasteiger partial charge in [0.25, 0.3) is 5.91 Å². The molecule has 12 heteroatoms. The number of rotatable bonds is 16. The Bertz CT molecular complexity index is 1780. The third-order valence-electron chi connectivity index (χ3n) is 10.0. The predicted octanol–water partition coefficient (Wildman–Crippen LogP) is 7.53. The second-order valence-corrected chi connectivity index (χ2v) is 14.5. The summed E-state index contributed by atoms with van der Waals surface area (Å²) in [6, 6.07) is 15.4. The van der Waals surface area contributed by atoms with E-state index in [0.29, 0.717) is 56.2 Å². The van der Waals surface area contributed by atoms with Crippen molar-refractivity contribution in [3.05, 3.63) is 81.3 Å². The highest BCUT2D eigenvalue weighted by atomic mass is 35.5. The second-order valence-electron chi connectivity index (χ2n) is 13.6. The zero-order valence-corrected chi connectivity index (χ0v) is 31.3. The van der Waals surface area contributed by atoms with Gasteiger partial charge in [0, 0.05) is 61.2 Å². The SMILES string of the molecule is COc1cc2c(cc1OCCCCCCCCN1CCN(CC(=O)Nc3ccc(Cl)cc3C(=O)c3ccccc3Cl)CC1)N=C[C@@H]1CCCN1C2=O. The van der Waals surface area contributed by atoms with E-state index in [1.165, 1.54) is 12.8 Å². The van der Waals surface area contributed by atoms with Crippen LogP contribution in [0.4, 0.5) is 11.4 Å². The van der Waals surface area contributed by atoms with Gasteiger partial charge in [-0.15, -0.1) is 0 Å². The number of aliphatic imine (C=N–C) groups is 1. The minimum atomic E-state index is -0.292. The molecular weight excluding hydrogens is 701 g/mol. The van der Waals surface area contributed by atoms with Gasteiger partial charge in [-0.25, -0.2) is 0 Å². The van der Waals surface area contributed by atoms with Crippen molar-refractivity contribution < 1.29 is 23.9 Å². The average molecular weight is 749 g/mol. The van der Waals surface area contributed by atoms with Crippen molar-refractivity contribution in [2.24, 2.45) is 4.99 Å². The number of amides is 2. The number of hydrogen-bond donors (Lipinski definition) is 1. The highest BCUT2D eigenvalue weighted by Gasteiger charge is 2.32. The molecule has 0 aliphatic carbocycles. The molecule has 1 N–H and O–H groups in total. The molecule has 3 aromatic rings. The molecule has 2 saturated heterocycles. The van der Waals surface area contributed by atoms with E-state index in [1.807, 2.05) is 17.2 Å². The fourth-order valence-corrected chi connectivity index (χ4v) is 7.51. The van der Waals surface area contributed by atoms with Crippen LogP contribution in [0.25, 0.3) is 0 Å². The first-order valence-electron chi connectivity index (χ1n) is 18.3. The summed E-state index contributed by atoms with van der Waals surface area (Å²) in [6.45, 7) is 6.15. The maximum absolute atomic E-state index is 13.2. The monoisotopic (exact) mass is 747 g/mol. The topological polar surface area (TPSA) is 104 Å². The Morgan fingerprint density at radius 1 is 0.865 bits per heavy atom. The number of ketones is 1. The van der Waals surface area contributed by atoms with Crippen LogP contribution in [0.15, 0.2) is 59.6 Å². The maximum Gasteiger partial charge on any atom is 0.256 e. The molecule has 0 saturated carbocycles. The molecule has 0 radical (unpaired) electrons. The van der Waals surface area contributed by atoms with Gasteiger partial charge in [0.05, 0.1) is 48.3 Å². The normalized spacial score (nSPS) is 17.4. The number of fused-ring (bicyclic) bond motifs is 2. The first-order chi connectivity index (χ1) is 25.3. The number of nitrogens with one attached hydrogen (secondary N) is 1. The van der Waals surface area contributed by atoms with E-state index < -0.39 is 0 Å². The van der Waals surface area contributed by atoms with E-state index in [1.54, 1.807) is 55.6 Å². The van der Waals surface area contributed by atoms with E-state index in [2.05, 4.69) is 20.1 Å². The number of anilines is 1. The molecule has 276 valence electrons. The van der Waals surface area contributed by atoms with Gasteiger partial charge >= 0.3 is 0 Å². The Balaban J connectivity index is 0.846. The fourth-order valence-electron chi connectivity index (χ4n) is 7.11. The number of methoxy groups -OCH3 is 1. The molecule has 0 aromatic heterocycles.